The highest BCUT2D eigenvalue weighted by Crippen LogP contribution is 2.07. The van der Waals surface area contributed by atoms with Crippen LogP contribution in [0, 0.1) is 0 Å². The van der Waals surface area contributed by atoms with Crippen LogP contribution in [0.25, 0.3) is 0 Å². The van der Waals surface area contributed by atoms with E-state index in [4.69, 9.17) is 5.21 Å². The van der Waals surface area contributed by atoms with Crippen LogP contribution in [0.5, 0.6) is 0 Å². The lowest BCUT2D eigenvalue weighted by Gasteiger charge is -2.11. The Labute approximate surface area is 80.8 Å². The molecule has 0 spiro atoms. The largest absolute Gasteiger partial charge is 0.464 e. The van der Waals surface area contributed by atoms with Gasteiger partial charge >= 0.3 is 5.97 Å². The van der Waals surface area contributed by atoms with E-state index in [0.717, 1.165) is 0 Å². The normalized spacial score (nSPS) is 13.7. The van der Waals surface area contributed by atoms with Gasteiger partial charge in [0.15, 0.2) is 5.71 Å². The van der Waals surface area contributed by atoms with E-state index >= 15 is 0 Å². The molecular formula is C8H11N3O3. The maximum absolute atomic E-state index is 11.1. The van der Waals surface area contributed by atoms with Crippen molar-refractivity contribution in [1.82, 2.24) is 9.78 Å². The van der Waals surface area contributed by atoms with E-state index in [1.54, 1.807) is 25.4 Å². The molecule has 0 saturated carbocycles. The predicted molar refractivity (Wildman–Crippen MR) is 48.2 cm³/mol. The maximum atomic E-state index is 11.1. The summed E-state index contributed by atoms with van der Waals surface area (Å²) in [5.41, 5.74) is -0.0869. The fourth-order valence-corrected chi connectivity index (χ4v) is 1.03. The van der Waals surface area contributed by atoms with Crippen molar-refractivity contribution in [1.29, 1.82) is 0 Å². The highest BCUT2D eigenvalue weighted by Gasteiger charge is 2.22. The van der Waals surface area contributed by atoms with E-state index < -0.39 is 12.0 Å². The van der Waals surface area contributed by atoms with Crippen LogP contribution in [0.1, 0.15) is 13.0 Å². The molecule has 0 fully saturated rings. The predicted octanol–water partition coefficient (Wildman–Crippen LogP) is 0.447. The number of esters is 1. The van der Waals surface area contributed by atoms with Crippen LogP contribution in [-0.4, -0.2) is 33.8 Å². The topological polar surface area (TPSA) is 76.7 Å². The Hall–Kier alpha value is -1.85. The Kier molecular flexibility index (Phi) is 3.22. The first-order valence-electron chi connectivity index (χ1n) is 4.00. The fraction of sp³-hybridized carbons (Fsp3) is 0.375. The quantitative estimate of drug-likeness (QED) is 0.330. The van der Waals surface area contributed by atoms with Crippen molar-refractivity contribution in [2.24, 2.45) is 5.16 Å². The van der Waals surface area contributed by atoms with Crippen LogP contribution in [0.2, 0.25) is 0 Å². The number of nitrogens with zero attached hydrogens (tertiary/aromatic N) is 3. The van der Waals surface area contributed by atoms with Gasteiger partial charge in [-0.05, 0) is 13.0 Å². The third-order valence-corrected chi connectivity index (χ3v) is 1.82. The third kappa shape index (κ3) is 1.90. The molecule has 0 aromatic carbocycles. The van der Waals surface area contributed by atoms with Crippen molar-refractivity contribution in [2.75, 3.05) is 7.11 Å². The van der Waals surface area contributed by atoms with Crippen LogP contribution in [0.15, 0.2) is 23.6 Å². The van der Waals surface area contributed by atoms with Gasteiger partial charge in [-0.15, -0.1) is 0 Å². The molecular weight excluding hydrogens is 186 g/mol. The summed E-state index contributed by atoms with van der Waals surface area (Å²) in [6.07, 6.45) is 3.24. The van der Waals surface area contributed by atoms with Crippen molar-refractivity contribution in [2.45, 2.75) is 13.0 Å². The standard InChI is InChI=1S/C8H11N3O3/c1-6(11-5-3-4-9-11)7(10-13)8(12)14-2/h3-6,13H,1-2H3/b10-7+. The van der Waals surface area contributed by atoms with Gasteiger partial charge < -0.3 is 9.94 Å². The van der Waals surface area contributed by atoms with Crippen LogP contribution < -0.4 is 0 Å². The summed E-state index contributed by atoms with van der Waals surface area (Å²) >= 11 is 0. The van der Waals surface area contributed by atoms with E-state index in [1.807, 2.05) is 0 Å². The fourth-order valence-electron chi connectivity index (χ4n) is 1.03. The Morgan fingerprint density at radius 3 is 2.86 bits per heavy atom. The van der Waals surface area contributed by atoms with Crippen LogP contribution in [0.3, 0.4) is 0 Å². The molecule has 1 aromatic rings. The zero-order valence-corrected chi connectivity index (χ0v) is 7.91. The van der Waals surface area contributed by atoms with Crippen LogP contribution in [-0.2, 0) is 9.53 Å². The first-order chi connectivity index (χ1) is 6.70. The van der Waals surface area contributed by atoms with Crippen LogP contribution in [0.4, 0.5) is 0 Å². The summed E-state index contributed by atoms with van der Waals surface area (Å²) < 4.78 is 5.94. The number of hydrogen-bond donors (Lipinski definition) is 1. The maximum Gasteiger partial charge on any atom is 0.358 e. The van der Waals surface area contributed by atoms with Gasteiger partial charge in [0.1, 0.15) is 6.04 Å². The third-order valence-electron chi connectivity index (χ3n) is 1.82. The molecule has 1 heterocycles. The summed E-state index contributed by atoms with van der Waals surface area (Å²) in [6.45, 7) is 1.68. The second-order valence-corrected chi connectivity index (χ2v) is 2.64. The number of aromatic nitrogens is 2. The summed E-state index contributed by atoms with van der Waals surface area (Å²) in [5, 5.41) is 15.5. The molecule has 1 atom stereocenters. The molecule has 14 heavy (non-hydrogen) atoms. The molecule has 0 aliphatic rings. The molecule has 1 rings (SSSR count). The van der Waals surface area contributed by atoms with Crippen molar-refractivity contribution >= 4 is 11.7 Å². The van der Waals surface area contributed by atoms with Crippen LogP contribution >= 0.6 is 0 Å². The molecule has 1 N–H and O–H groups in total. The highest BCUT2D eigenvalue weighted by atomic mass is 16.5. The zero-order valence-electron chi connectivity index (χ0n) is 7.91. The number of carbonyl (C=O) groups is 1. The van der Waals surface area contributed by atoms with Gasteiger partial charge in [0.25, 0.3) is 0 Å². The Morgan fingerprint density at radius 2 is 2.43 bits per heavy atom. The molecule has 76 valence electrons. The average Bonchev–Trinajstić information content (AvgIpc) is 2.71. The van der Waals surface area contributed by atoms with Gasteiger partial charge in [-0.1, -0.05) is 5.16 Å². The lowest BCUT2D eigenvalue weighted by molar-refractivity contribution is -0.133. The highest BCUT2D eigenvalue weighted by molar-refractivity contribution is 6.37. The van der Waals surface area contributed by atoms with Gasteiger partial charge in [0.2, 0.25) is 0 Å². The Bertz CT molecular complexity index is 332. The van der Waals surface area contributed by atoms with Crippen molar-refractivity contribution in [3.05, 3.63) is 18.5 Å². The van der Waals surface area contributed by atoms with E-state index in [2.05, 4.69) is 15.0 Å². The minimum atomic E-state index is -0.671. The molecule has 6 heteroatoms. The molecule has 0 saturated heterocycles. The summed E-state index contributed by atoms with van der Waals surface area (Å²) in [4.78, 5) is 11.1. The lowest BCUT2D eigenvalue weighted by Crippen LogP contribution is -2.26. The SMILES string of the molecule is COC(=O)/C(=N/O)C(C)n1cccn1. The number of methoxy groups -OCH3 is 1. The number of ether oxygens (including phenoxy) is 1. The van der Waals surface area contributed by atoms with Gasteiger partial charge in [0.05, 0.1) is 7.11 Å². The smallest absolute Gasteiger partial charge is 0.358 e. The number of carbonyl (C=O) groups excluding carboxylic acids is 1. The number of rotatable bonds is 3. The van der Waals surface area contributed by atoms with Crippen molar-refractivity contribution < 1.29 is 14.7 Å². The molecule has 0 aliphatic heterocycles. The summed E-state index contributed by atoms with van der Waals surface area (Å²) in [6, 6.07) is 1.26. The van der Waals surface area contributed by atoms with E-state index in [0.29, 0.717) is 0 Å². The second kappa shape index (κ2) is 4.40. The molecule has 6 nitrogen and oxygen atoms in total. The minimum absolute atomic E-state index is 0.0869. The Morgan fingerprint density at radius 1 is 1.71 bits per heavy atom. The molecule has 1 unspecified atom stereocenters. The first kappa shape index (κ1) is 10.2. The monoisotopic (exact) mass is 197 g/mol. The Balaban J connectivity index is 2.87. The summed E-state index contributed by atoms with van der Waals surface area (Å²) in [7, 11) is 1.23. The lowest BCUT2D eigenvalue weighted by atomic mass is 10.2. The molecule has 0 amide bonds. The summed E-state index contributed by atoms with van der Waals surface area (Å²) in [5.74, 6) is -0.671. The van der Waals surface area contributed by atoms with Crippen molar-refractivity contribution in [3.8, 4) is 0 Å². The van der Waals surface area contributed by atoms with E-state index in [1.165, 1.54) is 11.8 Å². The molecule has 0 radical (unpaired) electrons. The van der Waals surface area contributed by atoms with Gasteiger partial charge in [-0.25, -0.2) is 4.79 Å². The second-order valence-electron chi connectivity index (χ2n) is 2.64. The molecule has 0 aliphatic carbocycles. The zero-order chi connectivity index (χ0) is 10.6. The number of hydrogen-bond acceptors (Lipinski definition) is 5. The van der Waals surface area contributed by atoms with E-state index in [9.17, 15) is 4.79 Å². The van der Waals surface area contributed by atoms with E-state index in [-0.39, 0.29) is 5.71 Å². The van der Waals surface area contributed by atoms with Gasteiger partial charge in [0, 0.05) is 12.4 Å². The van der Waals surface area contributed by atoms with Gasteiger partial charge in [-0.3, -0.25) is 4.68 Å². The molecule has 1 aromatic heterocycles. The molecule has 0 bridgehead atoms. The minimum Gasteiger partial charge on any atom is -0.464 e. The number of oxime groups is 1. The van der Waals surface area contributed by atoms with Gasteiger partial charge in [-0.2, -0.15) is 5.10 Å². The average molecular weight is 197 g/mol. The first-order valence-corrected chi connectivity index (χ1v) is 4.00. The van der Waals surface area contributed by atoms with Crippen molar-refractivity contribution in [3.63, 3.8) is 0 Å².